The topological polar surface area (TPSA) is 74.7 Å². The zero-order valence-corrected chi connectivity index (χ0v) is 10.7. The lowest BCUT2D eigenvalue weighted by Gasteiger charge is -2.15. The summed E-state index contributed by atoms with van der Waals surface area (Å²) < 4.78 is 25.6. The lowest BCUT2D eigenvalue weighted by molar-refractivity contribution is 0.0697. The Morgan fingerprint density at radius 1 is 1.17 bits per heavy atom. The number of benzene rings is 1. The number of carboxylic acid groups (broad SMARTS) is 1. The number of carbonyl (C=O) groups is 1. The second kappa shape index (κ2) is 5.07. The predicted molar refractivity (Wildman–Crippen MR) is 66.8 cm³/mol. The molecule has 0 unspecified atom stereocenters. The van der Waals surface area contributed by atoms with E-state index in [-0.39, 0.29) is 11.3 Å². The van der Waals surface area contributed by atoms with Crippen LogP contribution in [0.15, 0.2) is 24.3 Å². The van der Waals surface area contributed by atoms with Crippen LogP contribution in [-0.4, -0.2) is 36.9 Å². The Morgan fingerprint density at radius 3 is 2.22 bits per heavy atom. The number of carboxylic acids is 1. The molecule has 0 saturated carbocycles. The number of sulfonamides is 1. The van der Waals surface area contributed by atoms with Gasteiger partial charge in [0.1, 0.15) is 0 Å². The zero-order chi connectivity index (χ0) is 13.2. The summed E-state index contributed by atoms with van der Waals surface area (Å²) in [7, 11) is -3.26. The van der Waals surface area contributed by atoms with Gasteiger partial charge in [-0.25, -0.2) is 17.5 Å². The van der Waals surface area contributed by atoms with Gasteiger partial charge in [0.15, 0.2) is 0 Å². The normalized spacial score (nSPS) is 16.9. The predicted octanol–water partition coefficient (Wildman–Crippen LogP) is 1.31. The summed E-state index contributed by atoms with van der Waals surface area (Å²) in [5.41, 5.74) is 0.782. The Balaban J connectivity index is 2.11. The molecule has 0 aromatic heterocycles. The summed E-state index contributed by atoms with van der Waals surface area (Å²) in [4.78, 5) is 10.7. The van der Waals surface area contributed by atoms with E-state index >= 15 is 0 Å². The fourth-order valence-corrected chi connectivity index (χ4v) is 3.62. The fraction of sp³-hybridized carbons (Fsp3) is 0.417. The van der Waals surface area contributed by atoms with E-state index in [9.17, 15) is 13.2 Å². The highest BCUT2D eigenvalue weighted by Gasteiger charge is 2.25. The van der Waals surface area contributed by atoms with Crippen LogP contribution in [0.2, 0.25) is 0 Å². The second-order valence-corrected chi connectivity index (χ2v) is 6.33. The molecule has 1 aliphatic rings. The standard InChI is InChI=1S/C12H15NO4S/c14-12(15)11-5-3-10(4-6-11)9-18(16,17)13-7-1-2-8-13/h3-6H,1-2,7-9H2,(H,14,15). The first-order valence-electron chi connectivity index (χ1n) is 5.79. The van der Waals surface area contributed by atoms with Crippen molar-refractivity contribution in [2.45, 2.75) is 18.6 Å². The Kier molecular flexibility index (Phi) is 3.68. The van der Waals surface area contributed by atoms with Crippen LogP contribution in [0, 0.1) is 0 Å². The maximum atomic E-state index is 12.0. The summed E-state index contributed by atoms with van der Waals surface area (Å²) in [5, 5.41) is 8.75. The van der Waals surface area contributed by atoms with Crippen molar-refractivity contribution >= 4 is 16.0 Å². The van der Waals surface area contributed by atoms with Gasteiger partial charge in [0.2, 0.25) is 10.0 Å². The SMILES string of the molecule is O=C(O)c1ccc(CS(=O)(=O)N2CCCC2)cc1. The summed E-state index contributed by atoms with van der Waals surface area (Å²) in [6, 6.07) is 5.96. The van der Waals surface area contributed by atoms with Crippen molar-refractivity contribution < 1.29 is 18.3 Å². The van der Waals surface area contributed by atoms with E-state index in [1.165, 1.54) is 16.4 Å². The summed E-state index contributed by atoms with van der Waals surface area (Å²) in [5.74, 6) is -1.07. The van der Waals surface area contributed by atoms with Gasteiger partial charge in [0.25, 0.3) is 0 Å². The highest BCUT2D eigenvalue weighted by molar-refractivity contribution is 7.88. The van der Waals surface area contributed by atoms with Gasteiger partial charge in [-0.1, -0.05) is 12.1 Å². The van der Waals surface area contributed by atoms with Crippen LogP contribution in [0.4, 0.5) is 0 Å². The Morgan fingerprint density at radius 2 is 1.72 bits per heavy atom. The van der Waals surface area contributed by atoms with Crippen molar-refractivity contribution in [1.29, 1.82) is 0 Å². The van der Waals surface area contributed by atoms with E-state index < -0.39 is 16.0 Å². The van der Waals surface area contributed by atoms with Crippen LogP contribution in [0.25, 0.3) is 0 Å². The average Bonchev–Trinajstić information content (AvgIpc) is 2.83. The van der Waals surface area contributed by atoms with E-state index in [2.05, 4.69) is 0 Å². The van der Waals surface area contributed by atoms with Crippen molar-refractivity contribution in [3.8, 4) is 0 Å². The lowest BCUT2D eigenvalue weighted by Crippen LogP contribution is -2.29. The molecule has 18 heavy (non-hydrogen) atoms. The van der Waals surface area contributed by atoms with Crippen LogP contribution in [0.1, 0.15) is 28.8 Å². The quantitative estimate of drug-likeness (QED) is 0.894. The smallest absolute Gasteiger partial charge is 0.335 e. The van der Waals surface area contributed by atoms with Gasteiger partial charge < -0.3 is 5.11 Å². The van der Waals surface area contributed by atoms with E-state index in [4.69, 9.17) is 5.11 Å². The highest BCUT2D eigenvalue weighted by atomic mass is 32.2. The molecule has 5 nitrogen and oxygen atoms in total. The molecule has 0 radical (unpaired) electrons. The van der Waals surface area contributed by atoms with Crippen LogP contribution in [0.5, 0.6) is 0 Å². The minimum Gasteiger partial charge on any atom is -0.478 e. The molecule has 1 aromatic rings. The van der Waals surface area contributed by atoms with Crippen LogP contribution in [0.3, 0.4) is 0 Å². The van der Waals surface area contributed by atoms with Crippen LogP contribution < -0.4 is 0 Å². The summed E-state index contributed by atoms with van der Waals surface area (Å²) in [6.07, 6.45) is 1.83. The summed E-state index contributed by atoms with van der Waals surface area (Å²) >= 11 is 0. The first-order chi connectivity index (χ1) is 8.49. The Hall–Kier alpha value is -1.40. The van der Waals surface area contributed by atoms with Crippen molar-refractivity contribution in [2.75, 3.05) is 13.1 Å². The summed E-state index contributed by atoms with van der Waals surface area (Å²) in [6.45, 7) is 1.19. The van der Waals surface area contributed by atoms with Gasteiger partial charge in [-0.3, -0.25) is 0 Å². The number of hydrogen-bond acceptors (Lipinski definition) is 3. The van der Waals surface area contributed by atoms with Crippen LogP contribution >= 0.6 is 0 Å². The molecule has 1 aliphatic heterocycles. The molecule has 0 atom stereocenters. The molecule has 0 spiro atoms. The molecular weight excluding hydrogens is 254 g/mol. The molecule has 98 valence electrons. The minimum absolute atomic E-state index is 0.0626. The van der Waals surface area contributed by atoms with E-state index in [0.717, 1.165) is 12.8 Å². The van der Waals surface area contributed by atoms with E-state index in [0.29, 0.717) is 18.7 Å². The molecule has 0 bridgehead atoms. The van der Waals surface area contributed by atoms with Crippen molar-refractivity contribution in [1.82, 2.24) is 4.31 Å². The molecule has 1 saturated heterocycles. The van der Waals surface area contributed by atoms with Gasteiger partial charge in [0, 0.05) is 13.1 Å². The molecule has 6 heteroatoms. The van der Waals surface area contributed by atoms with Gasteiger partial charge in [-0.05, 0) is 30.5 Å². The van der Waals surface area contributed by atoms with Gasteiger partial charge in [-0.2, -0.15) is 0 Å². The third-order valence-corrected chi connectivity index (χ3v) is 4.86. The molecule has 1 fully saturated rings. The van der Waals surface area contributed by atoms with Gasteiger partial charge in [-0.15, -0.1) is 0 Å². The largest absolute Gasteiger partial charge is 0.478 e. The first-order valence-corrected chi connectivity index (χ1v) is 7.40. The zero-order valence-electron chi connectivity index (χ0n) is 9.87. The number of nitrogens with zero attached hydrogens (tertiary/aromatic N) is 1. The van der Waals surface area contributed by atoms with Crippen molar-refractivity contribution in [3.05, 3.63) is 35.4 Å². The Labute approximate surface area is 106 Å². The average molecular weight is 269 g/mol. The Bertz CT molecular complexity index is 530. The fourth-order valence-electron chi connectivity index (χ4n) is 2.01. The molecule has 1 N–H and O–H groups in total. The molecule has 0 amide bonds. The van der Waals surface area contributed by atoms with Gasteiger partial charge >= 0.3 is 5.97 Å². The van der Waals surface area contributed by atoms with Gasteiger partial charge in [0.05, 0.1) is 11.3 Å². The molecule has 0 aliphatic carbocycles. The third-order valence-electron chi connectivity index (χ3n) is 3.01. The monoisotopic (exact) mass is 269 g/mol. The maximum absolute atomic E-state index is 12.0. The molecular formula is C12H15NO4S. The second-order valence-electron chi connectivity index (χ2n) is 4.36. The minimum atomic E-state index is -3.26. The van der Waals surface area contributed by atoms with Crippen molar-refractivity contribution in [3.63, 3.8) is 0 Å². The van der Waals surface area contributed by atoms with Crippen molar-refractivity contribution in [2.24, 2.45) is 0 Å². The van der Waals surface area contributed by atoms with Crippen LogP contribution in [-0.2, 0) is 15.8 Å². The number of aromatic carboxylic acids is 1. The number of rotatable bonds is 4. The first kappa shape index (κ1) is 13.0. The molecule has 2 rings (SSSR count). The third kappa shape index (κ3) is 2.88. The van der Waals surface area contributed by atoms with E-state index in [1.54, 1.807) is 12.1 Å². The highest BCUT2D eigenvalue weighted by Crippen LogP contribution is 2.17. The lowest BCUT2D eigenvalue weighted by atomic mass is 10.1. The number of hydrogen-bond donors (Lipinski definition) is 1. The molecule has 1 heterocycles. The van der Waals surface area contributed by atoms with E-state index in [1.807, 2.05) is 0 Å². The maximum Gasteiger partial charge on any atom is 0.335 e. The molecule has 1 aromatic carbocycles.